The Bertz CT molecular complexity index is 2200. The van der Waals surface area contributed by atoms with Gasteiger partial charge in [0.15, 0.2) is 31.9 Å². The highest BCUT2D eigenvalue weighted by atomic mass is 32.3. The molecule has 4 rings (SSSR count). The minimum Gasteiger partial charge on any atom is -0.479 e. The second kappa shape index (κ2) is 18.8. The van der Waals surface area contributed by atoms with Crippen molar-refractivity contribution in [2.75, 3.05) is 13.1 Å². The maximum absolute atomic E-state index is 12.6. The van der Waals surface area contributed by atoms with Gasteiger partial charge in [-0.25, -0.2) is 53.1 Å². The monoisotopic (exact) mass is 896 g/mol. The third-order valence-electron chi connectivity index (χ3n) is 7.89. The molecular formula is C29H44N4O16S6. The summed E-state index contributed by atoms with van der Waals surface area (Å²) in [6.45, 7) is 11.7. The highest BCUT2D eigenvalue weighted by Gasteiger charge is 2.41. The van der Waals surface area contributed by atoms with Crippen LogP contribution in [0.5, 0.6) is 0 Å². The molecule has 6 atom stereocenters. The Balaban J connectivity index is 0.000000323. The van der Waals surface area contributed by atoms with Gasteiger partial charge < -0.3 is 30.3 Å². The smallest absolute Gasteiger partial charge is 0.479 e. The van der Waals surface area contributed by atoms with E-state index in [-0.39, 0.29) is 28.9 Å². The molecular weight excluding hydrogens is 853 g/mol. The molecule has 55 heavy (non-hydrogen) atoms. The number of carboxylic acid groups (broad SMARTS) is 2. The molecule has 7 N–H and O–H groups in total. The molecule has 0 radical (unpaired) electrons. The topological polar surface area (TPSA) is 326 Å². The zero-order valence-corrected chi connectivity index (χ0v) is 35.5. The number of hydrogen-bond acceptors (Lipinski definition) is 18. The lowest BCUT2D eigenvalue weighted by Gasteiger charge is -2.27. The third kappa shape index (κ3) is 12.1. The Hall–Kier alpha value is -3.24. The molecule has 0 saturated heterocycles. The Kier molecular flexibility index (Phi) is 16.4. The Morgan fingerprint density at radius 2 is 1.24 bits per heavy atom. The van der Waals surface area contributed by atoms with E-state index in [1.807, 2.05) is 18.6 Å². The molecule has 4 heterocycles. The summed E-state index contributed by atoms with van der Waals surface area (Å²) in [6, 6.07) is 2.22. The van der Waals surface area contributed by atoms with Gasteiger partial charge in [-0.3, -0.25) is 9.59 Å². The average Bonchev–Trinajstić information content (AvgIpc) is 3.71. The van der Waals surface area contributed by atoms with E-state index >= 15 is 0 Å². The molecule has 312 valence electrons. The van der Waals surface area contributed by atoms with E-state index in [0.717, 1.165) is 25.2 Å². The molecule has 0 bridgehead atoms. The van der Waals surface area contributed by atoms with Crippen LogP contribution in [0, 0.1) is 0 Å². The first-order chi connectivity index (χ1) is 25.1. The molecule has 0 aromatic carbocycles. The van der Waals surface area contributed by atoms with E-state index in [9.17, 15) is 52.8 Å². The second-order valence-corrected chi connectivity index (χ2v) is 23.1. The van der Waals surface area contributed by atoms with Gasteiger partial charge in [0.1, 0.15) is 16.8 Å². The third-order valence-corrected chi connectivity index (χ3v) is 18.9. The van der Waals surface area contributed by atoms with E-state index in [1.165, 1.54) is 19.1 Å². The maximum atomic E-state index is 12.6. The second-order valence-electron chi connectivity index (χ2n) is 12.2. The number of rotatable bonds is 11. The minimum atomic E-state index is -4.30. The Labute approximate surface area is 327 Å². The fourth-order valence-electron chi connectivity index (χ4n) is 5.12. The summed E-state index contributed by atoms with van der Waals surface area (Å²) in [5, 5.41) is 26.1. The average molecular weight is 897 g/mol. The van der Waals surface area contributed by atoms with Gasteiger partial charge in [-0.1, -0.05) is 13.8 Å². The summed E-state index contributed by atoms with van der Waals surface area (Å²) in [4.78, 5) is 42.3. The number of thiophene rings is 2. The number of nitrogens with two attached hydrogens (primary N) is 1. The molecule has 0 aliphatic carbocycles. The number of amides is 1. The van der Waals surface area contributed by atoms with Crippen molar-refractivity contribution < 1.29 is 72.5 Å². The number of esters is 1. The molecule has 0 fully saturated rings. The molecule has 0 unspecified atom stereocenters. The molecule has 0 spiro atoms. The van der Waals surface area contributed by atoms with Crippen molar-refractivity contribution in [1.29, 1.82) is 0 Å². The number of nitrogens with one attached hydrogen (secondary N) is 3. The number of ether oxygens (including phenoxy) is 2. The molecule has 2 aliphatic heterocycles. The zero-order valence-electron chi connectivity index (χ0n) is 30.6. The van der Waals surface area contributed by atoms with Crippen LogP contribution in [0.25, 0.3) is 0 Å². The van der Waals surface area contributed by atoms with Crippen LogP contribution in [0.4, 0.5) is 4.79 Å². The van der Waals surface area contributed by atoms with E-state index in [4.69, 9.17) is 15.4 Å². The quantitative estimate of drug-likeness (QED) is 0.174. The first-order valence-electron chi connectivity index (χ1n) is 16.2. The van der Waals surface area contributed by atoms with Crippen molar-refractivity contribution in [2.24, 2.45) is 5.14 Å². The lowest BCUT2D eigenvalue weighted by Crippen LogP contribution is -2.39. The Morgan fingerprint density at radius 1 is 0.818 bits per heavy atom. The number of carboxylic acids is 1. The van der Waals surface area contributed by atoms with E-state index < -0.39 is 86.4 Å². The highest BCUT2D eigenvalue weighted by molar-refractivity contribution is 7.96. The normalized spacial score (nSPS) is 22.0. The number of aliphatic carboxylic acids is 1. The number of hydrogen-bond donors (Lipinski definition) is 6. The largest absolute Gasteiger partial charge is 0.506 e. The van der Waals surface area contributed by atoms with Crippen LogP contribution in [0.1, 0.15) is 84.5 Å². The first-order valence-corrected chi connectivity index (χ1v) is 24.0. The standard InChI is InChI=1S/C15H22N2O7S3.C10H16N2O4S3.C4H6O5/c1-5-16-12-6-8(2)26(20,21)15-11(12)7-13(25-15)27(22,23)17-14(19)9(3)24-10(4)18;1-3-12-8-4-6(2)18(13,14)10-7(8)5-9(17-10)19(11,15)16;1-2(3(5)6)9-4(7)8/h7-9,12,16H,5-6H2,1-4H3,(H,17,19);5-6,8,12H,3-4H2,1-2H3,(H2,11,15,16);2H,1H3,(H,5,6)(H,7,8)/t8-,9-,12-;6-,8-;2-/m000/s1. The van der Waals surface area contributed by atoms with Gasteiger partial charge in [-0.05, 0) is 65.8 Å². The molecule has 2 aliphatic rings. The summed E-state index contributed by atoms with van der Waals surface area (Å²) in [6.07, 6.45) is -3.41. The summed E-state index contributed by atoms with van der Waals surface area (Å²) in [5.41, 5.74) is 0.912. The fraction of sp³-hybridized carbons (Fsp3) is 0.586. The maximum Gasteiger partial charge on any atom is 0.506 e. The van der Waals surface area contributed by atoms with E-state index in [1.54, 1.807) is 13.8 Å². The van der Waals surface area contributed by atoms with E-state index in [0.29, 0.717) is 48.4 Å². The van der Waals surface area contributed by atoms with E-state index in [2.05, 4.69) is 20.1 Å². The van der Waals surface area contributed by atoms with Gasteiger partial charge in [0.25, 0.3) is 15.9 Å². The van der Waals surface area contributed by atoms with Crippen LogP contribution >= 0.6 is 22.7 Å². The van der Waals surface area contributed by atoms with Gasteiger partial charge in [-0.15, -0.1) is 22.7 Å². The number of sulfonamides is 2. The summed E-state index contributed by atoms with van der Waals surface area (Å²) in [7, 11) is -15.3. The van der Waals surface area contributed by atoms with Crippen LogP contribution in [0.15, 0.2) is 29.0 Å². The number of carbonyl (C=O) groups is 4. The van der Waals surface area contributed by atoms with Crippen LogP contribution in [0.2, 0.25) is 0 Å². The Morgan fingerprint density at radius 3 is 1.58 bits per heavy atom. The zero-order chi connectivity index (χ0) is 42.4. The van der Waals surface area contributed by atoms with Gasteiger partial charge in [0, 0.05) is 30.1 Å². The van der Waals surface area contributed by atoms with Crippen LogP contribution < -0.4 is 20.5 Å². The summed E-state index contributed by atoms with van der Waals surface area (Å²) in [5.74, 6) is -3.04. The number of carbonyl (C=O) groups excluding carboxylic acids is 2. The summed E-state index contributed by atoms with van der Waals surface area (Å²) < 4.78 is 108. The van der Waals surface area contributed by atoms with Gasteiger partial charge in [0.05, 0.1) is 10.5 Å². The molecule has 2 aromatic heterocycles. The molecule has 20 nitrogen and oxygen atoms in total. The fourth-order valence-corrected chi connectivity index (χ4v) is 14.6. The number of fused-ring (bicyclic) bond motifs is 2. The summed E-state index contributed by atoms with van der Waals surface area (Å²) >= 11 is 1.35. The SMILES string of the molecule is CCN[C@H]1C[C@H](C)S(=O)(=O)c2sc(S(=O)(=O)NC(=O)[C@H](C)OC(C)=O)cc21.CCN[C@H]1C[C@H](C)S(=O)(=O)c2sc(S(N)(=O)=O)cc21.C[C@H](OC(=O)O)C(=O)O. The lowest BCUT2D eigenvalue weighted by atomic mass is 10.1. The number of sulfone groups is 2. The molecule has 0 saturated carbocycles. The van der Waals surface area contributed by atoms with Crippen LogP contribution in [-0.2, 0) is 63.6 Å². The van der Waals surface area contributed by atoms with Crippen molar-refractivity contribution in [2.45, 2.75) is 113 Å². The van der Waals surface area contributed by atoms with Crippen molar-refractivity contribution >= 4 is 86.4 Å². The van der Waals surface area contributed by atoms with Crippen molar-refractivity contribution in [3.05, 3.63) is 23.3 Å². The predicted molar refractivity (Wildman–Crippen MR) is 198 cm³/mol. The van der Waals surface area contributed by atoms with Gasteiger partial charge in [-0.2, -0.15) is 0 Å². The van der Waals surface area contributed by atoms with Crippen molar-refractivity contribution in [3.8, 4) is 0 Å². The molecule has 26 heteroatoms. The number of primary sulfonamides is 1. The molecule has 1 amide bonds. The van der Waals surface area contributed by atoms with Crippen molar-refractivity contribution in [3.63, 3.8) is 0 Å². The van der Waals surface area contributed by atoms with Gasteiger partial charge in [0.2, 0.25) is 10.0 Å². The van der Waals surface area contributed by atoms with Crippen LogP contribution in [0.3, 0.4) is 0 Å². The van der Waals surface area contributed by atoms with Crippen molar-refractivity contribution in [1.82, 2.24) is 15.4 Å². The molecule has 2 aromatic rings. The lowest BCUT2D eigenvalue weighted by molar-refractivity contribution is -0.152. The minimum absolute atomic E-state index is 0.00643. The van der Waals surface area contributed by atoms with Crippen LogP contribution in [-0.4, -0.2) is 104 Å². The van der Waals surface area contributed by atoms with Gasteiger partial charge >= 0.3 is 18.1 Å². The highest BCUT2D eigenvalue weighted by Crippen LogP contribution is 2.43. The predicted octanol–water partition coefficient (Wildman–Crippen LogP) is 1.49. The first kappa shape index (κ1) is 47.9.